The fraction of sp³-hybridized carbons (Fsp3) is 0.654. The maximum absolute atomic E-state index is 13.2. The maximum atomic E-state index is 13.2. The van der Waals surface area contributed by atoms with Gasteiger partial charge in [0.15, 0.2) is 5.89 Å². The largest absolute Gasteiger partial charge is 0.481 e. The van der Waals surface area contributed by atoms with E-state index in [4.69, 9.17) is 14.5 Å². The normalized spacial score (nSPS) is 21.6. The molecule has 0 atom stereocenters. The Bertz CT molecular complexity index is 1030. The van der Waals surface area contributed by atoms with E-state index in [1.54, 1.807) is 0 Å². The number of hydrogen-bond acceptors (Lipinski definition) is 4. The fourth-order valence-electron chi connectivity index (χ4n) is 5.09. The number of aromatic nitrogens is 2. The molecule has 2 aromatic heterocycles. The molecule has 0 aliphatic heterocycles. The Kier molecular flexibility index (Phi) is 6.43. The third-order valence-electron chi connectivity index (χ3n) is 7.28. The van der Waals surface area contributed by atoms with E-state index in [0.717, 1.165) is 29.4 Å². The molecule has 180 valence electrons. The number of carboxylic acid groups (broad SMARTS) is 1. The molecule has 0 saturated heterocycles. The molecule has 2 heterocycles. The summed E-state index contributed by atoms with van der Waals surface area (Å²) in [7, 11) is 0. The Hall–Kier alpha value is -2.57. The van der Waals surface area contributed by atoms with Gasteiger partial charge in [0.25, 0.3) is 5.91 Å². The number of carbonyl (C=O) groups excluding carboxylic acids is 1. The van der Waals surface area contributed by atoms with Crippen LogP contribution in [0.2, 0.25) is 0 Å². The van der Waals surface area contributed by atoms with Crippen LogP contribution < -0.4 is 5.32 Å². The van der Waals surface area contributed by atoms with Gasteiger partial charge in [-0.25, -0.2) is 4.98 Å². The zero-order valence-electron chi connectivity index (χ0n) is 20.5. The smallest absolute Gasteiger partial charge is 0.306 e. The first-order valence-electron chi connectivity index (χ1n) is 12.3. The first-order valence-corrected chi connectivity index (χ1v) is 12.3. The van der Waals surface area contributed by atoms with Gasteiger partial charge in [-0.1, -0.05) is 40.0 Å². The van der Waals surface area contributed by atoms with E-state index in [9.17, 15) is 9.59 Å². The lowest BCUT2D eigenvalue weighted by molar-refractivity contribution is -0.145. The molecule has 2 aliphatic carbocycles. The van der Waals surface area contributed by atoms with Crippen LogP contribution in [0.15, 0.2) is 10.5 Å². The second-order valence-electron chi connectivity index (χ2n) is 11.0. The molecule has 2 aliphatic rings. The highest BCUT2D eigenvalue weighted by Gasteiger charge is 2.36. The van der Waals surface area contributed by atoms with Crippen molar-refractivity contribution in [2.24, 2.45) is 11.8 Å². The van der Waals surface area contributed by atoms with E-state index in [2.05, 4.69) is 30.7 Å². The molecule has 0 bridgehead atoms. The number of nitrogens with one attached hydrogen (secondary N) is 1. The molecule has 7 nitrogen and oxygen atoms in total. The van der Waals surface area contributed by atoms with Crippen LogP contribution in [0.5, 0.6) is 0 Å². The summed E-state index contributed by atoms with van der Waals surface area (Å²) in [5.74, 6) is 0.778. The Morgan fingerprint density at radius 3 is 2.42 bits per heavy atom. The summed E-state index contributed by atoms with van der Waals surface area (Å²) in [6, 6.07) is 1.86. The van der Waals surface area contributed by atoms with Gasteiger partial charge >= 0.3 is 5.97 Å². The van der Waals surface area contributed by atoms with Crippen molar-refractivity contribution >= 4 is 11.9 Å². The molecule has 1 amide bonds. The Balaban J connectivity index is 1.65. The summed E-state index contributed by atoms with van der Waals surface area (Å²) in [6.07, 6.45) is 7.23. The highest BCUT2D eigenvalue weighted by atomic mass is 16.4. The minimum atomic E-state index is -0.784. The molecule has 0 spiro atoms. The summed E-state index contributed by atoms with van der Waals surface area (Å²) in [4.78, 5) is 29.1. The average Bonchev–Trinajstić information content (AvgIpc) is 3.25. The summed E-state index contributed by atoms with van der Waals surface area (Å²) in [6.45, 7) is 11.0. The molecule has 33 heavy (non-hydrogen) atoms. The highest BCUT2D eigenvalue weighted by molar-refractivity contribution is 5.97. The fourth-order valence-corrected chi connectivity index (χ4v) is 5.09. The minimum Gasteiger partial charge on any atom is -0.481 e. The van der Waals surface area contributed by atoms with Gasteiger partial charge < -0.3 is 19.4 Å². The SMILES string of the molecule is Cc1oc(C(C)(C)C)nc1-c1cc(C(=O)NC2CC(C(=O)O)C2)c(C)n1CC1CCCCC1. The van der Waals surface area contributed by atoms with Crippen LogP contribution in [-0.4, -0.2) is 32.6 Å². The van der Waals surface area contributed by atoms with E-state index < -0.39 is 5.97 Å². The summed E-state index contributed by atoms with van der Waals surface area (Å²) < 4.78 is 8.29. The zero-order valence-corrected chi connectivity index (χ0v) is 20.5. The predicted molar refractivity (Wildman–Crippen MR) is 126 cm³/mol. The quantitative estimate of drug-likeness (QED) is 0.621. The third-order valence-corrected chi connectivity index (χ3v) is 7.28. The number of aryl methyl sites for hydroxylation is 1. The molecule has 2 N–H and O–H groups in total. The van der Waals surface area contributed by atoms with Gasteiger partial charge in [0.2, 0.25) is 0 Å². The van der Waals surface area contributed by atoms with Crippen molar-refractivity contribution in [1.29, 1.82) is 0 Å². The van der Waals surface area contributed by atoms with E-state index in [1.165, 1.54) is 32.1 Å². The van der Waals surface area contributed by atoms with Crippen LogP contribution in [-0.2, 0) is 16.8 Å². The van der Waals surface area contributed by atoms with E-state index in [-0.39, 0.29) is 23.3 Å². The number of nitrogens with zero attached hydrogens (tertiary/aromatic N) is 2. The molecule has 2 aromatic rings. The van der Waals surface area contributed by atoms with Gasteiger partial charge in [0.1, 0.15) is 11.5 Å². The number of amides is 1. The number of hydrogen-bond donors (Lipinski definition) is 2. The van der Waals surface area contributed by atoms with Crippen LogP contribution in [0, 0.1) is 25.7 Å². The summed E-state index contributed by atoms with van der Waals surface area (Å²) in [5, 5.41) is 12.2. The van der Waals surface area contributed by atoms with Crippen molar-refractivity contribution in [3.05, 3.63) is 29.0 Å². The van der Waals surface area contributed by atoms with E-state index in [0.29, 0.717) is 30.2 Å². The van der Waals surface area contributed by atoms with Crippen molar-refractivity contribution in [1.82, 2.24) is 14.9 Å². The predicted octanol–water partition coefficient (Wildman–Crippen LogP) is 5.23. The molecule has 0 aromatic carbocycles. The first kappa shape index (κ1) is 23.6. The van der Waals surface area contributed by atoms with Gasteiger partial charge in [-0.2, -0.15) is 0 Å². The second-order valence-corrected chi connectivity index (χ2v) is 11.0. The molecule has 7 heteroatoms. The van der Waals surface area contributed by atoms with Crippen molar-refractivity contribution in [2.45, 2.75) is 97.6 Å². The minimum absolute atomic E-state index is 0.0792. The van der Waals surface area contributed by atoms with Crippen molar-refractivity contribution < 1.29 is 19.1 Å². The molecular formula is C26H37N3O4. The molecule has 4 rings (SSSR count). The maximum Gasteiger partial charge on any atom is 0.306 e. The average molecular weight is 456 g/mol. The second kappa shape index (κ2) is 8.99. The van der Waals surface area contributed by atoms with Gasteiger partial charge in [-0.15, -0.1) is 0 Å². The number of carboxylic acids is 1. The van der Waals surface area contributed by atoms with Crippen LogP contribution in [0.4, 0.5) is 0 Å². The molecular weight excluding hydrogens is 418 g/mol. The van der Waals surface area contributed by atoms with E-state index in [1.807, 2.05) is 19.9 Å². The van der Waals surface area contributed by atoms with Crippen molar-refractivity contribution in [2.75, 3.05) is 0 Å². The summed E-state index contributed by atoms with van der Waals surface area (Å²) >= 11 is 0. The molecule has 2 fully saturated rings. The van der Waals surface area contributed by atoms with Crippen LogP contribution in [0.1, 0.15) is 93.4 Å². The molecule has 0 radical (unpaired) electrons. The summed E-state index contributed by atoms with van der Waals surface area (Å²) in [5.41, 5.74) is 3.09. The van der Waals surface area contributed by atoms with Gasteiger partial charge in [0.05, 0.1) is 17.2 Å². The monoisotopic (exact) mass is 455 g/mol. The number of aliphatic carboxylic acids is 1. The van der Waals surface area contributed by atoms with Crippen LogP contribution in [0.3, 0.4) is 0 Å². The van der Waals surface area contributed by atoms with Crippen molar-refractivity contribution in [3.8, 4) is 11.4 Å². The molecule has 2 saturated carbocycles. The van der Waals surface area contributed by atoms with Crippen molar-refractivity contribution in [3.63, 3.8) is 0 Å². The standard InChI is InChI=1S/C26H37N3O4/c1-15-20(23(30)27-19-11-18(12-19)24(31)32)13-21(29(15)14-17-9-7-6-8-10-17)22-16(2)33-25(28-22)26(3,4)5/h13,17-19H,6-12,14H2,1-5H3,(H,27,30)(H,31,32). The lowest BCUT2D eigenvalue weighted by Crippen LogP contribution is -2.46. The lowest BCUT2D eigenvalue weighted by Gasteiger charge is -2.32. The van der Waals surface area contributed by atoms with Crippen LogP contribution >= 0.6 is 0 Å². The Labute approximate surface area is 196 Å². The first-order chi connectivity index (χ1) is 15.5. The van der Waals surface area contributed by atoms with Crippen LogP contribution in [0.25, 0.3) is 11.4 Å². The zero-order chi connectivity index (χ0) is 23.9. The Morgan fingerprint density at radius 2 is 1.85 bits per heavy atom. The van der Waals surface area contributed by atoms with Gasteiger partial charge in [-0.05, 0) is 51.5 Å². The van der Waals surface area contributed by atoms with Gasteiger partial charge in [0, 0.05) is 23.7 Å². The number of carbonyl (C=O) groups is 2. The highest BCUT2D eigenvalue weighted by Crippen LogP contribution is 2.35. The van der Waals surface area contributed by atoms with E-state index >= 15 is 0 Å². The third kappa shape index (κ3) is 4.87. The number of rotatable bonds is 6. The molecule has 0 unspecified atom stereocenters. The van der Waals surface area contributed by atoms with Gasteiger partial charge in [-0.3, -0.25) is 9.59 Å². The Morgan fingerprint density at radius 1 is 1.18 bits per heavy atom. The number of oxazole rings is 1. The topological polar surface area (TPSA) is 97.4 Å². The lowest BCUT2D eigenvalue weighted by atomic mass is 9.80.